The number of methoxy groups -OCH3 is 2. The summed E-state index contributed by atoms with van der Waals surface area (Å²) >= 11 is 0. The Morgan fingerprint density at radius 1 is 1.08 bits per heavy atom. The molecule has 2 aromatic carbocycles. The summed E-state index contributed by atoms with van der Waals surface area (Å²) in [4.78, 5) is 12.3. The number of benzene rings is 2. The first kappa shape index (κ1) is 17.4. The summed E-state index contributed by atoms with van der Waals surface area (Å²) in [6, 6.07) is 10.5. The van der Waals surface area contributed by atoms with Crippen molar-refractivity contribution in [2.24, 2.45) is 0 Å². The second-order valence-electron chi connectivity index (χ2n) is 5.29. The quantitative estimate of drug-likeness (QED) is 0.730. The molecule has 0 unspecified atom stereocenters. The highest BCUT2D eigenvalue weighted by atomic mass is 19.1. The van der Waals surface area contributed by atoms with Crippen LogP contribution in [0.15, 0.2) is 46.9 Å². The fraction of sp³-hybridized carbons (Fsp3) is 0.167. The summed E-state index contributed by atoms with van der Waals surface area (Å²) in [6.07, 6.45) is 0. The molecule has 0 aliphatic rings. The molecule has 0 radical (unpaired) electrons. The Balaban J connectivity index is 1.67. The van der Waals surface area contributed by atoms with Crippen LogP contribution in [0.3, 0.4) is 0 Å². The lowest BCUT2D eigenvalue weighted by Crippen LogP contribution is -2.23. The maximum Gasteiger partial charge on any atom is 0.251 e. The van der Waals surface area contributed by atoms with Gasteiger partial charge in [0.1, 0.15) is 17.3 Å². The summed E-state index contributed by atoms with van der Waals surface area (Å²) in [5.74, 6) is 0.791. The lowest BCUT2D eigenvalue weighted by atomic mass is 10.2. The van der Waals surface area contributed by atoms with Crippen molar-refractivity contribution in [1.29, 1.82) is 0 Å². The van der Waals surface area contributed by atoms with Crippen molar-refractivity contribution < 1.29 is 23.1 Å². The van der Waals surface area contributed by atoms with Gasteiger partial charge in [0.2, 0.25) is 11.8 Å². The summed E-state index contributed by atoms with van der Waals surface area (Å²) < 4.78 is 28.7. The number of amides is 1. The Morgan fingerprint density at radius 3 is 2.35 bits per heavy atom. The number of carbonyl (C=O) groups excluding carboxylic acids is 1. The van der Waals surface area contributed by atoms with Crippen LogP contribution in [-0.4, -0.2) is 30.3 Å². The molecule has 0 saturated carbocycles. The highest BCUT2D eigenvalue weighted by molar-refractivity contribution is 5.95. The van der Waals surface area contributed by atoms with Crippen molar-refractivity contribution in [2.75, 3.05) is 14.2 Å². The molecule has 26 heavy (non-hydrogen) atoms. The third-order valence-corrected chi connectivity index (χ3v) is 3.57. The van der Waals surface area contributed by atoms with Gasteiger partial charge in [-0.25, -0.2) is 4.39 Å². The maximum absolute atomic E-state index is 13.0. The van der Waals surface area contributed by atoms with Crippen LogP contribution >= 0.6 is 0 Å². The van der Waals surface area contributed by atoms with E-state index in [1.165, 1.54) is 38.5 Å². The van der Waals surface area contributed by atoms with E-state index in [4.69, 9.17) is 13.9 Å². The summed E-state index contributed by atoms with van der Waals surface area (Å²) in [7, 11) is 3.01. The van der Waals surface area contributed by atoms with Crippen molar-refractivity contribution >= 4 is 5.91 Å². The average molecular weight is 357 g/mol. The van der Waals surface area contributed by atoms with Gasteiger partial charge in [-0.15, -0.1) is 10.2 Å². The molecule has 0 aliphatic carbocycles. The molecule has 8 heteroatoms. The second-order valence-corrected chi connectivity index (χ2v) is 5.29. The third kappa shape index (κ3) is 3.97. The molecule has 3 aromatic rings. The van der Waals surface area contributed by atoms with Crippen molar-refractivity contribution in [3.63, 3.8) is 0 Å². The van der Waals surface area contributed by atoms with Crippen LogP contribution in [0.25, 0.3) is 11.5 Å². The van der Waals surface area contributed by atoms with Crippen molar-refractivity contribution in [2.45, 2.75) is 6.54 Å². The zero-order chi connectivity index (χ0) is 18.5. The molecule has 1 heterocycles. The normalized spacial score (nSPS) is 10.4. The fourth-order valence-electron chi connectivity index (χ4n) is 2.23. The van der Waals surface area contributed by atoms with Crippen LogP contribution in [0.1, 0.15) is 16.2 Å². The molecule has 0 fully saturated rings. The molecule has 0 saturated heterocycles. The molecule has 3 rings (SSSR count). The number of rotatable bonds is 6. The number of hydrogen-bond donors (Lipinski definition) is 1. The average Bonchev–Trinajstić information content (AvgIpc) is 3.15. The molecule has 1 N–H and O–H groups in total. The van der Waals surface area contributed by atoms with Crippen molar-refractivity contribution in [3.05, 3.63) is 59.7 Å². The number of nitrogens with one attached hydrogen (secondary N) is 1. The minimum absolute atomic E-state index is 0.0482. The van der Waals surface area contributed by atoms with E-state index in [1.54, 1.807) is 18.2 Å². The van der Waals surface area contributed by atoms with Crippen LogP contribution in [0.2, 0.25) is 0 Å². The van der Waals surface area contributed by atoms with Crippen LogP contribution < -0.4 is 14.8 Å². The smallest absolute Gasteiger partial charge is 0.251 e. The van der Waals surface area contributed by atoms with E-state index < -0.39 is 0 Å². The molecule has 7 nitrogen and oxygen atoms in total. The van der Waals surface area contributed by atoms with E-state index in [2.05, 4.69) is 15.5 Å². The van der Waals surface area contributed by atoms with Gasteiger partial charge in [-0.2, -0.15) is 0 Å². The van der Waals surface area contributed by atoms with Crippen LogP contribution in [0.5, 0.6) is 11.5 Å². The Kier molecular flexibility index (Phi) is 5.12. The minimum atomic E-state index is -0.352. The Hall–Kier alpha value is -3.42. The Morgan fingerprint density at radius 2 is 1.73 bits per heavy atom. The SMILES string of the molecule is COc1cc(OC)cc(C(=O)NCc2nnc(-c3ccc(F)cc3)o2)c1. The van der Waals surface area contributed by atoms with Gasteiger partial charge in [-0.3, -0.25) is 4.79 Å². The van der Waals surface area contributed by atoms with Crippen molar-refractivity contribution in [3.8, 4) is 23.0 Å². The van der Waals surface area contributed by atoms with Crippen molar-refractivity contribution in [1.82, 2.24) is 15.5 Å². The highest BCUT2D eigenvalue weighted by Crippen LogP contribution is 2.22. The van der Waals surface area contributed by atoms with Gasteiger partial charge in [0.25, 0.3) is 5.91 Å². The molecule has 1 aromatic heterocycles. The number of aromatic nitrogens is 2. The monoisotopic (exact) mass is 357 g/mol. The van der Waals surface area contributed by atoms with E-state index in [9.17, 15) is 9.18 Å². The number of carbonyl (C=O) groups is 1. The lowest BCUT2D eigenvalue weighted by molar-refractivity contribution is 0.0946. The maximum atomic E-state index is 13.0. The first-order valence-electron chi connectivity index (χ1n) is 7.68. The Bertz CT molecular complexity index is 887. The molecular formula is C18H16FN3O4. The molecule has 0 atom stereocenters. The van der Waals surface area contributed by atoms with Gasteiger partial charge in [0, 0.05) is 17.2 Å². The molecule has 1 amide bonds. The van der Waals surface area contributed by atoms with E-state index in [0.29, 0.717) is 22.6 Å². The Labute approximate surface area is 148 Å². The summed E-state index contributed by atoms with van der Waals surface area (Å²) in [5, 5.41) is 10.5. The van der Waals surface area contributed by atoms with Gasteiger partial charge >= 0.3 is 0 Å². The first-order chi connectivity index (χ1) is 12.6. The number of halogens is 1. The standard InChI is InChI=1S/C18H16FN3O4/c1-24-14-7-12(8-15(9-14)25-2)17(23)20-10-16-21-22-18(26-16)11-3-5-13(19)6-4-11/h3-9H,10H2,1-2H3,(H,20,23). The van der Waals surface area contributed by atoms with E-state index in [-0.39, 0.29) is 30.1 Å². The van der Waals surface area contributed by atoms with Gasteiger partial charge in [-0.05, 0) is 36.4 Å². The zero-order valence-electron chi connectivity index (χ0n) is 14.2. The number of hydrogen-bond acceptors (Lipinski definition) is 6. The van der Waals surface area contributed by atoms with Gasteiger partial charge in [0.05, 0.1) is 20.8 Å². The molecular weight excluding hydrogens is 341 g/mol. The zero-order valence-corrected chi connectivity index (χ0v) is 14.2. The largest absolute Gasteiger partial charge is 0.497 e. The van der Waals surface area contributed by atoms with E-state index in [0.717, 1.165) is 0 Å². The second kappa shape index (κ2) is 7.64. The van der Waals surface area contributed by atoms with Gasteiger partial charge in [0.15, 0.2) is 0 Å². The highest BCUT2D eigenvalue weighted by Gasteiger charge is 2.13. The van der Waals surface area contributed by atoms with Crippen LogP contribution in [-0.2, 0) is 6.54 Å². The van der Waals surface area contributed by atoms with E-state index in [1.807, 2.05) is 0 Å². The topological polar surface area (TPSA) is 86.5 Å². The number of nitrogens with zero attached hydrogens (tertiary/aromatic N) is 2. The summed E-state index contributed by atoms with van der Waals surface area (Å²) in [5.41, 5.74) is 0.966. The third-order valence-electron chi connectivity index (χ3n) is 3.57. The van der Waals surface area contributed by atoms with E-state index >= 15 is 0 Å². The predicted octanol–water partition coefficient (Wildman–Crippen LogP) is 2.82. The molecule has 0 aliphatic heterocycles. The lowest BCUT2D eigenvalue weighted by Gasteiger charge is -2.08. The fourth-order valence-corrected chi connectivity index (χ4v) is 2.23. The number of ether oxygens (including phenoxy) is 2. The van der Waals surface area contributed by atoms with Crippen LogP contribution in [0, 0.1) is 5.82 Å². The molecule has 0 bridgehead atoms. The summed E-state index contributed by atoms with van der Waals surface area (Å²) in [6.45, 7) is 0.0482. The molecule has 0 spiro atoms. The van der Waals surface area contributed by atoms with Gasteiger partial charge < -0.3 is 19.2 Å². The molecule has 134 valence electrons. The predicted molar refractivity (Wildman–Crippen MR) is 90.4 cm³/mol. The van der Waals surface area contributed by atoms with Crippen LogP contribution in [0.4, 0.5) is 4.39 Å². The first-order valence-corrected chi connectivity index (χ1v) is 7.68. The minimum Gasteiger partial charge on any atom is -0.497 e. The van der Waals surface area contributed by atoms with Gasteiger partial charge in [-0.1, -0.05) is 0 Å².